The van der Waals surface area contributed by atoms with Crippen LogP contribution in [0.5, 0.6) is 5.75 Å². The van der Waals surface area contributed by atoms with E-state index in [1.165, 1.54) is 5.57 Å². The largest absolute Gasteiger partial charge is 0.484 e. The monoisotopic (exact) mass is 501 g/mol. The number of likely N-dealkylation sites (tertiary alicyclic amines) is 1. The van der Waals surface area contributed by atoms with Crippen molar-refractivity contribution in [2.24, 2.45) is 28.6 Å². The third kappa shape index (κ3) is 4.19. The van der Waals surface area contributed by atoms with E-state index in [9.17, 15) is 14.4 Å². The number of hydrogen-bond donors (Lipinski definition) is 0. The fourth-order valence-corrected chi connectivity index (χ4v) is 8.42. The molecule has 37 heavy (non-hydrogen) atoms. The lowest BCUT2D eigenvalue weighted by molar-refractivity contribution is -0.132. The summed E-state index contributed by atoms with van der Waals surface area (Å²) in [6.45, 7) is 6.34. The van der Waals surface area contributed by atoms with Crippen LogP contribution in [-0.2, 0) is 14.4 Å². The van der Waals surface area contributed by atoms with Crippen molar-refractivity contribution in [3.05, 3.63) is 47.1 Å². The highest BCUT2D eigenvalue weighted by atomic mass is 16.5. The summed E-state index contributed by atoms with van der Waals surface area (Å²) >= 11 is 0. The van der Waals surface area contributed by atoms with E-state index in [4.69, 9.17) is 4.74 Å². The standard InChI is InChI=1S/C32H39NO4/c1-31-13-11-24(34)19-23(31)7-10-26-27(31)12-14-32(2)28(26)18-22(30(32)36)17-21-5-8-25(9-6-21)37-20-29(35)33-15-3-4-16-33/h5-6,8-9,17,19,26-28H,3-4,7,10-16,18,20H2,1-2H3/b22-17+/t26-,27+,28+,31+,32+/m1/s1. The molecule has 5 aliphatic rings. The molecule has 4 aliphatic carbocycles. The molecule has 1 amide bonds. The van der Waals surface area contributed by atoms with Gasteiger partial charge in [0, 0.05) is 24.9 Å². The van der Waals surface area contributed by atoms with Crippen molar-refractivity contribution < 1.29 is 19.1 Å². The first-order valence-corrected chi connectivity index (χ1v) is 14.3. The van der Waals surface area contributed by atoms with Crippen molar-refractivity contribution in [1.82, 2.24) is 4.90 Å². The van der Waals surface area contributed by atoms with E-state index >= 15 is 0 Å². The Morgan fingerprint density at radius 3 is 2.51 bits per heavy atom. The SMILES string of the molecule is C[C@]12CCC(=O)C=C1CC[C@@H]1[C@@H]2CC[C@]2(C)C(=O)/C(=C/c3ccc(OCC(=O)N4CCCC4)cc3)C[C@@H]12. The zero-order valence-corrected chi connectivity index (χ0v) is 22.3. The summed E-state index contributed by atoms with van der Waals surface area (Å²) in [5.41, 5.74) is 3.19. The van der Waals surface area contributed by atoms with Gasteiger partial charge in [-0.2, -0.15) is 0 Å². The number of nitrogens with zero attached hydrogens (tertiary/aromatic N) is 1. The van der Waals surface area contributed by atoms with Crippen LogP contribution in [0.15, 0.2) is 41.5 Å². The molecule has 6 rings (SSSR count). The highest BCUT2D eigenvalue weighted by Crippen LogP contribution is 2.65. The zero-order valence-electron chi connectivity index (χ0n) is 22.3. The van der Waals surface area contributed by atoms with Gasteiger partial charge in [-0.3, -0.25) is 14.4 Å². The van der Waals surface area contributed by atoms with Crippen molar-refractivity contribution in [3.63, 3.8) is 0 Å². The van der Waals surface area contributed by atoms with Crippen LogP contribution in [0.2, 0.25) is 0 Å². The van der Waals surface area contributed by atoms with E-state index in [0.717, 1.165) is 75.6 Å². The molecule has 5 atom stereocenters. The number of benzene rings is 1. The van der Waals surface area contributed by atoms with Gasteiger partial charge < -0.3 is 9.64 Å². The van der Waals surface area contributed by atoms with Crippen LogP contribution in [0.4, 0.5) is 0 Å². The first-order valence-electron chi connectivity index (χ1n) is 14.3. The zero-order chi connectivity index (χ0) is 25.8. The lowest BCUT2D eigenvalue weighted by Gasteiger charge is -2.56. The highest BCUT2D eigenvalue weighted by Gasteiger charge is 2.60. The van der Waals surface area contributed by atoms with E-state index < -0.39 is 0 Å². The average Bonchev–Trinajstić information content (AvgIpc) is 3.52. The summed E-state index contributed by atoms with van der Waals surface area (Å²) in [5, 5.41) is 0. The maximum atomic E-state index is 13.7. The van der Waals surface area contributed by atoms with Gasteiger partial charge in [-0.1, -0.05) is 31.6 Å². The Kier molecular flexibility index (Phi) is 6.16. The van der Waals surface area contributed by atoms with Gasteiger partial charge in [-0.25, -0.2) is 0 Å². The van der Waals surface area contributed by atoms with E-state index in [1.54, 1.807) is 0 Å². The maximum Gasteiger partial charge on any atom is 0.260 e. The second-order valence-electron chi connectivity index (χ2n) is 12.6. The minimum Gasteiger partial charge on any atom is -0.484 e. The van der Waals surface area contributed by atoms with Crippen molar-refractivity contribution in [3.8, 4) is 5.75 Å². The maximum absolute atomic E-state index is 13.7. The number of ether oxygens (including phenoxy) is 1. The summed E-state index contributed by atoms with van der Waals surface area (Å²) < 4.78 is 5.73. The van der Waals surface area contributed by atoms with Gasteiger partial charge >= 0.3 is 0 Å². The quantitative estimate of drug-likeness (QED) is 0.491. The van der Waals surface area contributed by atoms with Crippen molar-refractivity contribution in [1.29, 1.82) is 0 Å². The van der Waals surface area contributed by atoms with Crippen molar-refractivity contribution in [2.75, 3.05) is 19.7 Å². The van der Waals surface area contributed by atoms with Crippen LogP contribution < -0.4 is 4.74 Å². The van der Waals surface area contributed by atoms with Crippen LogP contribution in [0.1, 0.15) is 77.2 Å². The Morgan fingerprint density at radius 2 is 1.76 bits per heavy atom. The summed E-state index contributed by atoms with van der Waals surface area (Å²) in [6.07, 6.45) is 12.8. The molecule has 0 spiro atoms. The first kappa shape index (κ1) is 24.6. The van der Waals surface area contributed by atoms with Gasteiger partial charge in [0.25, 0.3) is 5.91 Å². The molecule has 0 N–H and O–H groups in total. The van der Waals surface area contributed by atoms with Gasteiger partial charge in [0.05, 0.1) is 0 Å². The molecular weight excluding hydrogens is 462 g/mol. The van der Waals surface area contributed by atoms with Gasteiger partial charge in [0.15, 0.2) is 18.2 Å². The predicted molar refractivity (Wildman–Crippen MR) is 143 cm³/mol. The molecule has 1 saturated heterocycles. The van der Waals surface area contributed by atoms with Gasteiger partial charge in [0.2, 0.25) is 0 Å². The van der Waals surface area contributed by atoms with Gasteiger partial charge in [-0.05, 0) is 110 Å². The number of ketones is 2. The Morgan fingerprint density at radius 1 is 1.00 bits per heavy atom. The third-order valence-corrected chi connectivity index (χ3v) is 10.6. The Bertz CT molecular complexity index is 1170. The highest BCUT2D eigenvalue weighted by molar-refractivity contribution is 6.06. The Balaban J connectivity index is 1.16. The lowest BCUT2D eigenvalue weighted by Crippen LogP contribution is -2.50. The number of fused-ring (bicyclic) bond motifs is 5. The molecule has 196 valence electrons. The van der Waals surface area contributed by atoms with Crippen molar-refractivity contribution >= 4 is 23.5 Å². The van der Waals surface area contributed by atoms with Crippen LogP contribution in [0.3, 0.4) is 0 Å². The topological polar surface area (TPSA) is 63.7 Å². The molecule has 0 radical (unpaired) electrons. The predicted octanol–water partition coefficient (Wildman–Crippen LogP) is 5.78. The van der Waals surface area contributed by atoms with E-state index in [0.29, 0.717) is 41.5 Å². The normalized spacial score (nSPS) is 36.2. The second-order valence-corrected chi connectivity index (χ2v) is 12.6. The van der Waals surface area contributed by atoms with Crippen LogP contribution in [0, 0.1) is 28.6 Å². The third-order valence-electron chi connectivity index (χ3n) is 10.6. The number of hydrogen-bond acceptors (Lipinski definition) is 4. The number of carbonyl (C=O) groups excluding carboxylic acids is 3. The molecule has 0 bridgehead atoms. The van der Waals surface area contributed by atoms with E-state index in [1.807, 2.05) is 35.2 Å². The number of allylic oxidation sites excluding steroid dienone is 2. The average molecular weight is 502 g/mol. The fraction of sp³-hybridized carbons (Fsp3) is 0.594. The number of rotatable bonds is 4. The summed E-state index contributed by atoms with van der Waals surface area (Å²) in [7, 11) is 0. The van der Waals surface area contributed by atoms with Gasteiger partial charge in [-0.15, -0.1) is 0 Å². The van der Waals surface area contributed by atoms with Crippen LogP contribution in [0.25, 0.3) is 6.08 Å². The smallest absolute Gasteiger partial charge is 0.260 e. The van der Waals surface area contributed by atoms with E-state index in [2.05, 4.69) is 19.9 Å². The summed E-state index contributed by atoms with van der Waals surface area (Å²) in [6, 6.07) is 7.77. The molecule has 5 heteroatoms. The van der Waals surface area contributed by atoms with Crippen LogP contribution in [-0.4, -0.2) is 42.1 Å². The number of amides is 1. The first-order chi connectivity index (χ1) is 17.8. The molecule has 1 aromatic rings. The summed E-state index contributed by atoms with van der Waals surface area (Å²) in [5.74, 6) is 2.87. The molecule has 5 nitrogen and oxygen atoms in total. The van der Waals surface area contributed by atoms with Crippen molar-refractivity contribution in [2.45, 2.75) is 71.6 Å². The molecule has 0 unspecified atom stereocenters. The molecule has 0 aromatic heterocycles. The van der Waals surface area contributed by atoms with Gasteiger partial charge in [0.1, 0.15) is 5.75 Å². The Labute approximate surface area is 220 Å². The minimum atomic E-state index is -0.270. The number of carbonyl (C=O) groups is 3. The molecule has 4 fully saturated rings. The molecule has 3 saturated carbocycles. The summed E-state index contributed by atoms with van der Waals surface area (Å²) in [4.78, 5) is 39.9. The molecular formula is C32H39NO4. The minimum absolute atomic E-state index is 0.0495. The van der Waals surface area contributed by atoms with Crippen LogP contribution >= 0.6 is 0 Å². The fourth-order valence-electron chi connectivity index (χ4n) is 8.42. The molecule has 1 aromatic carbocycles. The van der Waals surface area contributed by atoms with E-state index in [-0.39, 0.29) is 23.3 Å². The molecule has 1 heterocycles. The molecule has 1 aliphatic heterocycles. The number of Topliss-reactive ketones (excluding diaryl/α,β-unsaturated/α-hetero) is 1. The lowest BCUT2D eigenvalue weighted by atomic mass is 9.47. The Hall–Kier alpha value is -2.69. The second kappa shape index (κ2) is 9.25.